The van der Waals surface area contributed by atoms with Gasteiger partial charge in [-0.05, 0) is 119 Å². The summed E-state index contributed by atoms with van der Waals surface area (Å²) in [5.74, 6) is -11.5. The van der Waals surface area contributed by atoms with Crippen molar-refractivity contribution in [2.75, 3.05) is 23.9 Å². The van der Waals surface area contributed by atoms with Crippen LogP contribution < -0.4 is 14.5 Å². The number of carbonyl (C=O) groups excluding carboxylic acids is 9. The molecule has 10 rings (SSSR count). The number of hydrogen-bond acceptors (Lipinski definition) is 10. The molecule has 418 valence electrons. The standard InChI is InChI=1S/C56H30F12N4O10/c1-24(2)50(81)82-33-11-5-25(6-12-33)26-17-31(71-46(77)36-15-9-29(21-40(36)48(71)79)51(53(57,58)59,54(60,61)62)27-7-13-34-38(19-27)44(75)69(3)42(34)73)23-32(18-26)72-47(78)37-16-10-30(22-41(37)49(72)80)52(55(63,64)65,56(66,67)68)28-8-14-35-39(20-28)45(76)70(4)43(35)74/h5-23H,1H2,2-4H3. The van der Waals surface area contributed by atoms with Crippen LogP contribution in [0.4, 0.5) is 64.1 Å². The number of nitrogens with zero attached hydrogens (tertiary/aromatic N) is 4. The van der Waals surface area contributed by atoms with Gasteiger partial charge in [0.25, 0.3) is 47.3 Å². The molecule has 0 aromatic heterocycles. The van der Waals surface area contributed by atoms with Crippen molar-refractivity contribution in [3.63, 3.8) is 0 Å². The molecule has 14 nitrogen and oxygen atoms in total. The van der Waals surface area contributed by atoms with Gasteiger partial charge < -0.3 is 4.74 Å². The van der Waals surface area contributed by atoms with E-state index in [4.69, 9.17) is 4.74 Å². The van der Waals surface area contributed by atoms with Crippen LogP contribution in [0.3, 0.4) is 0 Å². The van der Waals surface area contributed by atoms with Gasteiger partial charge in [0.2, 0.25) is 10.8 Å². The number of carbonyl (C=O) groups is 9. The number of imide groups is 4. The number of benzene rings is 6. The van der Waals surface area contributed by atoms with Gasteiger partial charge >= 0.3 is 30.7 Å². The summed E-state index contributed by atoms with van der Waals surface area (Å²) in [6.07, 6.45) is -25.4. The molecule has 0 unspecified atom stereocenters. The fourth-order valence-electron chi connectivity index (χ4n) is 10.5. The van der Waals surface area contributed by atoms with Gasteiger partial charge in [-0.15, -0.1) is 0 Å². The molecule has 82 heavy (non-hydrogen) atoms. The van der Waals surface area contributed by atoms with Crippen LogP contribution in [0, 0.1) is 0 Å². The predicted octanol–water partition coefficient (Wildman–Crippen LogP) is 10.7. The maximum Gasteiger partial charge on any atom is 0.411 e. The Morgan fingerprint density at radius 3 is 0.963 bits per heavy atom. The minimum absolute atomic E-state index is 0.0246. The molecule has 8 amide bonds. The van der Waals surface area contributed by atoms with E-state index in [9.17, 15) is 43.2 Å². The number of hydrogen-bond donors (Lipinski definition) is 0. The second kappa shape index (κ2) is 18.1. The van der Waals surface area contributed by atoms with Crippen LogP contribution in [0.2, 0.25) is 0 Å². The van der Waals surface area contributed by atoms with Crippen LogP contribution in [0.1, 0.15) is 112 Å². The van der Waals surface area contributed by atoms with E-state index in [0.29, 0.717) is 46.2 Å². The highest BCUT2D eigenvalue weighted by Crippen LogP contribution is 2.59. The summed E-state index contributed by atoms with van der Waals surface area (Å²) in [7, 11) is 1.88. The van der Waals surface area contributed by atoms with Crippen molar-refractivity contribution in [3.05, 3.63) is 194 Å². The van der Waals surface area contributed by atoms with E-state index >= 15 is 52.7 Å². The van der Waals surface area contributed by atoms with Gasteiger partial charge in [-0.3, -0.25) is 48.2 Å². The molecule has 0 fully saturated rings. The monoisotopic (exact) mass is 1150 g/mol. The Morgan fingerprint density at radius 1 is 0.378 bits per heavy atom. The summed E-state index contributed by atoms with van der Waals surface area (Å²) in [4.78, 5) is 122. The molecular formula is C56H30F12N4O10. The van der Waals surface area contributed by atoms with Crippen LogP contribution in [0.25, 0.3) is 11.1 Å². The lowest BCUT2D eigenvalue weighted by molar-refractivity contribution is -0.290. The van der Waals surface area contributed by atoms with E-state index in [1.54, 1.807) is 0 Å². The first kappa shape index (κ1) is 55.6. The number of rotatable bonds is 9. The average molecular weight is 1150 g/mol. The molecule has 0 aliphatic carbocycles. The Morgan fingerprint density at radius 2 is 0.659 bits per heavy atom. The van der Waals surface area contributed by atoms with Crippen LogP contribution >= 0.6 is 0 Å². The highest BCUT2D eigenvalue weighted by molar-refractivity contribution is 6.36. The molecule has 6 aromatic carbocycles. The van der Waals surface area contributed by atoms with E-state index in [1.807, 2.05) is 0 Å². The minimum Gasteiger partial charge on any atom is -0.423 e. The first-order valence-electron chi connectivity index (χ1n) is 23.5. The fraction of sp³-hybridized carbons (Fsp3) is 0.161. The summed E-state index contributed by atoms with van der Waals surface area (Å²) >= 11 is 0. The zero-order valence-corrected chi connectivity index (χ0v) is 41.6. The van der Waals surface area contributed by atoms with Crippen LogP contribution in [0.5, 0.6) is 5.75 Å². The van der Waals surface area contributed by atoms with Gasteiger partial charge in [-0.1, -0.05) is 43.0 Å². The second-order valence-corrected chi connectivity index (χ2v) is 19.2. The number of anilines is 2. The molecule has 0 spiro atoms. The molecule has 0 saturated carbocycles. The number of amides is 8. The second-order valence-electron chi connectivity index (χ2n) is 19.2. The Kier molecular flexibility index (Phi) is 12.3. The molecular weight excluding hydrogens is 1120 g/mol. The van der Waals surface area contributed by atoms with Gasteiger partial charge in [0.05, 0.1) is 55.9 Å². The maximum atomic E-state index is 15.5. The molecule has 0 saturated heterocycles. The van der Waals surface area contributed by atoms with Crippen molar-refractivity contribution in [1.82, 2.24) is 9.80 Å². The Labute approximate surface area is 451 Å². The molecule has 26 heteroatoms. The molecule has 4 aliphatic heterocycles. The molecule has 0 N–H and O–H groups in total. The van der Waals surface area contributed by atoms with Crippen LogP contribution in [-0.2, 0) is 15.6 Å². The number of halogens is 12. The van der Waals surface area contributed by atoms with Crippen LogP contribution in [-0.4, -0.2) is 102 Å². The topological polar surface area (TPSA) is 176 Å². The van der Waals surface area contributed by atoms with Gasteiger partial charge in [0.1, 0.15) is 5.75 Å². The lowest BCUT2D eigenvalue weighted by Crippen LogP contribution is -2.55. The van der Waals surface area contributed by atoms with Crippen molar-refractivity contribution < 1.29 is 101 Å². The minimum atomic E-state index is -6.34. The van der Waals surface area contributed by atoms with Crippen molar-refractivity contribution in [2.24, 2.45) is 0 Å². The summed E-state index contributed by atoms with van der Waals surface area (Å²) in [5, 5.41) is 0. The number of esters is 1. The van der Waals surface area contributed by atoms with Gasteiger partial charge in [-0.2, -0.15) is 52.7 Å². The molecule has 0 bridgehead atoms. The van der Waals surface area contributed by atoms with E-state index in [0.717, 1.165) is 32.3 Å². The van der Waals surface area contributed by atoms with E-state index in [2.05, 4.69) is 6.58 Å². The third kappa shape index (κ3) is 7.77. The average Bonchev–Trinajstić information content (AvgIpc) is 1.57. The number of alkyl halides is 12. The highest BCUT2D eigenvalue weighted by Gasteiger charge is 2.74. The lowest BCUT2D eigenvalue weighted by atomic mass is 9.71. The third-order valence-electron chi connectivity index (χ3n) is 14.6. The predicted molar refractivity (Wildman–Crippen MR) is 259 cm³/mol. The summed E-state index contributed by atoms with van der Waals surface area (Å²) in [5.41, 5.74) is -24.7. The Hall–Kier alpha value is -9.75. The van der Waals surface area contributed by atoms with Crippen molar-refractivity contribution in [2.45, 2.75) is 42.5 Å². The van der Waals surface area contributed by atoms with Crippen LogP contribution in [0.15, 0.2) is 127 Å². The zero-order valence-electron chi connectivity index (χ0n) is 41.6. The molecule has 0 atom stereocenters. The SMILES string of the molecule is C=C(C)C(=O)Oc1ccc(-c2cc(N3C(=O)c4ccc(C(c5ccc6c(c5)C(=O)N(C)C6=O)(C(F)(F)F)C(F)(F)F)cc4C3=O)cc(N3C(=O)c4ccc(C(c5ccc6c(c5)C(=O)N(C)C6=O)(C(F)(F)F)C(F)(F)F)cc4C3=O)c2)cc1. The lowest BCUT2D eigenvalue weighted by Gasteiger charge is -2.38. The fourth-order valence-corrected chi connectivity index (χ4v) is 10.5. The molecule has 4 aliphatic rings. The summed E-state index contributed by atoms with van der Waals surface area (Å²) < 4.78 is 191. The Bertz CT molecular complexity index is 3730. The van der Waals surface area contributed by atoms with E-state index in [-0.39, 0.29) is 68.6 Å². The molecule has 4 heterocycles. The first-order chi connectivity index (χ1) is 38.1. The largest absolute Gasteiger partial charge is 0.423 e. The summed E-state index contributed by atoms with van der Waals surface area (Å²) in [6, 6.07) is 11.7. The number of fused-ring (bicyclic) bond motifs is 4. The Balaban J connectivity index is 1.10. The van der Waals surface area contributed by atoms with E-state index in [1.165, 1.54) is 31.2 Å². The van der Waals surface area contributed by atoms with Gasteiger partial charge in [0, 0.05) is 19.7 Å². The number of ether oxygens (including phenoxy) is 1. The van der Waals surface area contributed by atoms with E-state index < -0.39 is 167 Å². The van der Waals surface area contributed by atoms with Crippen molar-refractivity contribution >= 4 is 64.6 Å². The smallest absolute Gasteiger partial charge is 0.411 e. The third-order valence-corrected chi connectivity index (χ3v) is 14.6. The van der Waals surface area contributed by atoms with Crippen molar-refractivity contribution in [1.29, 1.82) is 0 Å². The van der Waals surface area contributed by atoms with Gasteiger partial charge in [0.15, 0.2) is 0 Å². The van der Waals surface area contributed by atoms with Crippen molar-refractivity contribution in [3.8, 4) is 16.9 Å². The molecule has 0 radical (unpaired) electrons. The normalized spacial score (nSPS) is 15.7. The van der Waals surface area contributed by atoms with Gasteiger partial charge in [-0.25, -0.2) is 14.6 Å². The summed E-state index contributed by atoms with van der Waals surface area (Å²) in [6.45, 7) is 4.80. The highest BCUT2D eigenvalue weighted by atomic mass is 19.4. The first-order valence-corrected chi connectivity index (χ1v) is 23.5. The zero-order chi connectivity index (χ0) is 60.0. The molecule has 6 aromatic rings. The quantitative estimate of drug-likeness (QED) is 0.0445. The maximum absolute atomic E-state index is 15.5.